The van der Waals surface area contributed by atoms with Gasteiger partial charge in [0.1, 0.15) is 18.1 Å². The molecule has 1 heterocycles. The highest BCUT2D eigenvalue weighted by Crippen LogP contribution is 2.26. The molecule has 0 saturated carbocycles. The van der Waals surface area contributed by atoms with Crippen molar-refractivity contribution in [2.24, 2.45) is 0 Å². The molecule has 0 saturated heterocycles. The van der Waals surface area contributed by atoms with Crippen LogP contribution in [0.3, 0.4) is 0 Å². The number of rotatable bonds is 9. The summed E-state index contributed by atoms with van der Waals surface area (Å²) in [4.78, 5) is 16.5. The van der Waals surface area contributed by atoms with Gasteiger partial charge in [-0.1, -0.05) is 24.3 Å². The van der Waals surface area contributed by atoms with Gasteiger partial charge in [0.2, 0.25) is 5.91 Å². The lowest BCUT2D eigenvalue weighted by atomic mass is 10.1. The lowest BCUT2D eigenvalue weighted by molar-refractivity contribution is -0.121. The molecule has 0 aliphatic carbocycles. The Bertz CT molecular complexity index is 948. The zero-order valence-corrected chi connectivity index (χ0v) is 17.8. The van der Waals surface area contributed by atoms with Crippen molar-refractivity contribution < 1.29 is 14.3 Å². The number of pyridine rings is 1. The van der Waals surface area contributed by atoms with E-state index in [1.165, 1.54) is 0 Å². The molecule has 1 amide bonds. The van der Waals surface area contributed by atoms with E-state index in [0.717, 1.165) is 32.8 Å². The molecule has 3 aromatic rings. The Morgan fingerprint density at radius 2 is 1.97 bits per heavy atom. The first-order valence-corrected chi connectivity index (χ1v) is 10.1. The molecule has 2 aromatic carbocycles. The van der Waals surface area contributed by atoms with Crippen LogP contribution in [0, 0.1) is 0 Å². The van der Waals surface area contributed by atoms with E-state index in [1.807, 2.05) is 60.7 Å². The van der Waals surface area contributed by atoms with Crippen LogP contribution in [0.25, 0.3) is 0 Å². The van der Waals surface area contributed by atoms with Crippen LogP contribution < -0.4 is 14.8 Å². The Kier molecular flexibility index (Phi) is 7.64. The van der Waals surface area contributed by atoms with Crippen LogP contribution in [0.4, 0.5) is 0 Å². The van der Waals surface area contributed by atoms with Crippen LogP contribution in [-0.2, 0) is 24.4 Å². The second-order valence-corrected chi connectivity index (χ2v) is 7.36. The number of ether oxygens (including phenoxy) is 2. The number of methoxy groups -OCH3 is 1. The standard InChI is InChI=1S/C23H23BrN2O3/c1-28-22-10-8-17(14-21(22)24)9-11-23(27)26-15-18-5-4-7-20(13-18)29-16-19-6-2-3-12-25-19/h2-8,10,12-14H,9,11,15-16H2,1H3,(H,26,27). The molecule has 0 fully saturated rings. The average molecular weight is 455 g/mol. The number of halogens is 1. The minimum absolute atomic E-state index is 0.0109. The fourth-order valence-corrected chi connectivity index (χ4v) is 3.39. The Balaban J connectivity index is 1.45. The van der Waals surface area contributed by atoms with Gasteiger partial charge in [0.25, 0.3) is 0 Å². The van der Waals surface area contributed by atoms with Crippen molar-refractivity contribution >= 4 is 21.8 Å². The second-order valence-electron chi connectivity index (χ2n) is 6.50. The third-order valence-corrected chi connectivity index (χ3v) is 4.98. The molecular weight excluding hydrogens is 432 g/mol. The molecule has 0 spiro atoms. The molecule has 0 aliphatic rings. The van der Waals surface area contributed by atoms with Crippen LogP contribution in [0.15, 0.2) is 71.3 Å². The summed E-state index contributed by atoms with van der Waals surface area (Å²) < 4.78 is 11.9. The first-order chi connectivity index (χ1) is 14.1. The largest absolute Gasteiger partial charge is 0.496 e. The zero-order chi connectivity index (χ0) is 20.5. The van der Waals surface area contributed by atoms with Crippen molar-refractivity contribution in [3.05, 3.63) is 88.2 Å². The maximum absolute atomic E-state index is 12.2. The monoisotopic (exact) mass is 454 g/mol. The smallest absolute Gasteiger partial charge is 0.220 e. The van der Waals surface area contributed by atoms with E-state index < -0.39 is 0 Å². The summed E-state index contributed by atoms with van der Waals surface area (Å²) >= 11 is 3.47. The highest BCUT2D eigenvalue weighted by atomic mass is 79.9. The minimum Gasteiger partial charge on any atom is -0.496 e. The van der Waals surface area contributed by atoms with Crippen LogP contribution in [-0.4, -0.2) is 18.0 Å². The number of aromatic nitrogens is 1. The quantitative estimate of drug-likeness (QED) is 0.509. The maximum Gasteiger partial charge on any atom is 0.220 e. The van der Waals surface area contributed by atoms with Crippen molar-refractivity contribution in [2.75, 3.05) is 7.11 Å². The highest BCUT2D eigenvalue weighted by molar-refractivity contribution is 9.10. The lowest BCUT2D eigenvalue weighted by Gasteiger charge is -2.09. The fraction of sp³-hybridized carbons (Fsp3) is 0.217. The van der Waals surface area contributed by atoms with E-state index in [2.05, 4.69) is 26.2 Å². The number of hydrogen-bond donors (Lipinski definition) is 1. The van der Waals surface area contributed by atoms with E-state index >= 15 is 0 Å². The van der Waals surface area contributed by atoms with Gasteiger partial charge in [-0.05, 0) is 69.9 Å². The first-order valence-electron chi connectivity index (χ1n) is 9.35. The molecule has 3 rings (SSSR count). The van der Waals surface area contributed by atoms with Gasteiger partial charge in [-0.3, -0.25) is 9.78 Å². The Morgan fingerprint density at radius 3 is 2.72 bits per heavy atom. The number of carbonyl (C=O) groups excluding carboxylic acids is 1. The topological polar surface area (TPSA) is 60.5 Å². The number of aryl methyl sites for hydroxylation is 1. The van der Waals surface area contributed by atoms with Gasteiger partial charge in [0.05, 0.1) is 17.3 Å². The lowest BCUT2D eigenvalue weighted by Crippen LogP contribution is -2.23. The third-order valence-electron chi connectivity index (χ3n) is 4.36. The van der Waals surface area contributed by atoms with Crippen LogP contribution >= 0.6 is 15.9 Å². The molecule has 1 aromatic heterocycles. The molecule has 0 aliphatic heterocycles. The molecule has 0 atom stereocenters. The normalized spacial score (nSPS) is 10.4. The summed E-state index contributed by atoms with van der Waals surface area (Å²) in [5.74, 6) is 1.55. The zero-order valence-electron chi connectivity index (χ0n) is 16.2. The number of hydrogen-bond acceptors (Lipinski definition) is 4. The number of nitrogens with one attached hydrogen (secondary N) is 1. The van der Waals surface area contributed by atoms with E-state index in [0.29, 0.717) is 26.0 Å². The Labute approximate surface area is 179 Å². The Hall–Kier alpha value is -2.86. The van der Waals surface area contributed by atoms with Gasteiger partial charge in [0, 0.05) is 19.2 Å². The number of carbonyl (C=O) groups is 1. The van der Waals surface area contributed by atoms with E-state index in [9.17, 15) is 4.79 Å². The molecule has 0 radical (unpaired) electrons. The maximum atomic E-state index is 12.2. The van der Waals surface area contributed by atoms with E-state index in [1.54, 1.807) is 13.3 Å². The fourth-order valence-electron chi connectivity index (χ4n) is 2.80. The first kappa shape index (κ1) is 20.9. The van der Waals surface area contributed by atoms with Crippen molar-refractivity contribution in [1.82, 2.24) is 10.3 Å². The second kappa shape index (κ2) is 10.6. The number of amides is 1. The molecule has 5 nitrogen and oxygen atoms in total. The van der Waals surface area contributed by atoms with Gasteiger partial charge < -0.3 is 14.8 Å². The van der Waals surface area contributed by atoms with Gasteiger partial charge in [0.15, 0.2) is 0 Å². The van der Waals surface area contributed by atoms with E-state index in [4.69, 9.17) is 9.47 Å². The van der Waals surface area contributed by atoms with Crippen molar-refractivity contribution in [3.63, 3.8) is 0 Å². The van der Waals surface area contributed by atoms with Gasteiger partial charge >= 0.3 is 0 Å². The SMILES string of the molecule is COc1ccc(CCC(=O)NCc2cccc(OCc3ccccn3)c2)cc1Br. The van der Waals surface area contributed by atoms with Crippen molar-refractivity contribution in [2.45, 2.75) is 26.0 Å². The molecule has 150 valence electrons. The van der Waals surface area contributed by atoms with Gasteiger partial charge in [-0.15, -0.1) is 0 Å². The summed E-state index contributed by atoms with van der Waals surface area (Å²) in [7, 11) is 1.63. The summed E-state index contributed by atoms with van der Waals surface area (Å²) in [5, 5.41) is 2.96. The van der Waals surface area contributed by atoms with Crippen molar-refractivity contribution in [1.29, 1.82) is 0 Å². The van der Waals surface area contributed by atoms with Crippen molar-refractivity contribution in [3.8, 4) is 11.5 Å². The van der Waals surface area contributed by atoms with Crippen LogP contribution in [0.1, 0.15) is 23.2 Å². The predicted octanol–water partition coefficient (Wildman–Crippen LogP) is 4.68. The third kappa shape index (κ3) is 6.61. The summed E-state index contributed by atoms with van der Waals surface area (Å²) in [6.45, 7) is 0.875. The van der Waals surface area contributed by atoms with Gasteiger partial charge in [-0.25, -0.2) is 0 Å². The highest BCUT2D eigenvalue weighted by Gasteiger charge is 2.06. The molecule has 29 heavy (non-hydrogen) atoms. The summed E-state index contributed by atoms with van der Waals surface area (Å²) in [5.41, 5.74) is 2.94. The predicted molar refractivity (Wildman–Crippen MR) is 116 cm³/mol. The van der Waals surface area contributed by atoms with Crippen LogP contribution in [0.2, 0.25) is 0 Å². The number of benzene rings is 2. The molecule has 1 N–H and O–H groups in total. The minimum atomic E-state index is 0.0109. The van der Waals surface area contributed by atoms with Crippen LogP contribution in [0.5, 0.6) is 11.5 Å². The Morgan fingerprint density at radius 1 is 1.07 bits per heavy atom. The average Bonchev–Trinajstić information content (AvgIpc) is 2.76. The summed E-state index contributed by atoms with van der Waals surface area (Å²) in [6.07, 6.45) is 2.84. The summed E-state index contributed by atoms with van der Waals surface area (Å²) in [6, 6.07) is 19.3. The molecule has 0 bridgehead atoms. The van der Waals surface area contributed by atoms with E-state index in [-0.39, 0.29) is 5.91 Å². The molecular formula is C23H23BrN2O3. The number of nitrogens with zero attached hydrogens (tertiary/aromatic N) is 1. The molecule has 6 heteroatoms. The molecule has 0 unspecified atom stereocenters. The van der Waals surface area contributed by atoms with Gasteiger partial charge in [-0.2, -0.15) is 0 Å².